The first-order chi connectivity index (χ1) is 13.7. The van der Waals surface area contributed by atoms with Crippen molar-refractivity contribution >= 4 is 5.70 Å². The molecule has 1 aliphatic rings. The molecule has 0 saturated heterocycles. The Morgan fingerprint density at radius 3 is 2.61 bits per heavy atom. The minimum absolute atomic E-state index is 0.245. The van der Waals surface area contributed by atoms with E-state index in [0.29, 0.717) is 34.3 Å². The lowest BCUT2D eigenvalue weighted by Gasteiger charge is -2.11. The maximum Gasteiger partial charge on any atom is 0.324 e. The van der Waals surface area contributed by atoms with Gasteiger partial charge in [0.1, 0.15) is 0 Å². The Kier molecular flexibility index (Phi) is 7.03. The molecule has 148 valence electrons. The van der Waals surface area contributed by atoms with E-state index in [1.165, 1.54) is 5.56 Å². The zero-order valence-corrected chi connectivity index (χ0v) is 16.0. The average molecular weight is 384 g/mol. The Balaban J connectivity index is 1.53. The Hall–Kier alpha value is -2.86. The van der Waals surface area contributed by atoms with E-state index in [9.17, 15) is 4.91 Å². The van der Waals surface area contributed by atoms with Crippen LogP contribution in [0.1, 0.15) is 30.4 Å². The normalized spacial score (nSPS) is 15.9. The topological polar surface area (TPSA) is 68.0 Å². The molecule has 1 N–H and O–H groups in total. The van der Waals surface area contributed by atoms with Gasteiger partial charge in [-0.2, -0.15) is 0 Å². The lowest BCUT2D eigenvalue weighted by atomic mass is 10.1. The highest BCUT2D eigenvalue weighted by atomic mass is 16.8. The van der Waals surface area contributed by atoms with Crippen LogP contribution < -0.4 is 9.47 Å². The van der Waals surface area contributed by atoms with E-state index >= 15 is 0 Å². The monoisotopic (exact) mass is 384 g/mol. The summed E-state index contributed by atoms with van der Waals surface area (Å²) in [5.74, 6) is 1.20. The highest BCUT2D eigenvalue weighted by Gasteiger charge is 2.36. The van der Waals surface area contributed by atoms with E-state index in [2.05, 4.69) is 24.3 Å². The molecule has 1 unspecified atom stereocenters. The third kappa shape index (κ3) is 5.10. The van der Waals surface area contributed by atoms with Crippen molar-refractivity contribution in [2.24, 2.45) is 0 Å². The van der Waals surface area contributed by atoms with Crippen LogP contribution in [0.4, 0.5) is 0 Å². The summed E-state index contributed by atoms with van der Waals surface area (Å²) in [7, 11) is 1.58. The van der Waals surface area contributed by atoms with Crippen LogP contribution >= 0.6 is 0 Å². The summed E-state index contributed by atoms with van der Waals surface area (Å²) in [5.41, 5.74) is 2.37. The second-order valence-corrected chi connectivity index (χ2v) is 6.65. The fraction of sp³-hybridized carbons (Fsp3) is 0.364. The maximum atomic E-state index is 11.9. The number of methoxy groups -OCH3 is 1. The smallest absolute Gasteiger partial charge is 0.324 e. The summed E-state index contributed by atoms with van der Waals surface area (Å²) in [4.78, 5) is 17.3. The Bertz CT molecular complexity index is 819. The van der Waals surface area contributed by atoms with E-state index in [1.807, 2.05) is 6.07 Å². The van der Waals surface area contributed by atoms with Gasteiger partial charge in [-0.3, -0.25) is 0 Å². The summed E-state index contributed by atoms with van der Waals surface area (Å²) in [6, 6.07) is 15.8. The van der Waals surface area contributed by atoms with Crippen LogP contribution in [-0.4, -0.2) is 36.5 Å². The molecule has 0 aliphatic carbocycles. The highest BCUT2D eigenvalue weighted by Crippen LogP contribution is 2.33. The van der Waals surface area contributed by atoms with Gasteiger partial charge in [0, 0.05) is 6.08 Å². The van der Waals surface area contributed by atoms with Crippen molar-refractivity contribution in [1.29, 1.82) is 0 Å². The van der Waals surface area contributed by atoms with Gasteiger partial charge in [-0.25, -0.2) is 4.84 Å². The van der Waals surface area contributed by atoms with Crippen LogP contribution in [0.2, 0.25) is 0 Å². The summed E-state index contributed by atoms with van der Waals surface area (Å²) in [6.07, 6.45) is 5.17. The van der Waals surface area contributed by atoms with E-state index in [0.717, 1.165) is 25.7 Å². The number of hydrogen-bond donors (Lipinski definition) is 1. The molecule has 1 aliphatic heterocycles. The molecule has 28 heavy (non-hydrogen) atoms. The molecule has 6 nitrogen and oxygen atoms in total. The molecule has 0 radical (unpaired) electrons. The van der Waals surface area contributed by atoms with Crippen LogP contribution in [0.3, 0.4) is 0 Å². The number of aryl methyl sites for hydroxylation is 1. The van der Waals surface area contributed by atoms with E-state index in [-0.39, 0.29) is 6.61 Å². The Morgan fingerprint density at radius 2 is 1.89 bits per heavy atom. The minimum atomic E-state index is -0.622. The van der Waals surface area contributed by atoms with E-state index in [4.69, 9.17) is 19.4 Å². The Labute approximate surface area is 164 Å². The number of unbranched alkanes of at least 4 members (excludes halogenated alkanes) is 2. The number of ether oxygens (including phenoxy) is 2. The molecule has 0 amide bonds. The van der Waals surface area contributed by atoms with Crippen molar-refractivity contribution in [3.05, 3.63) is 70.6 Å². The van der Waals surface area contributed by atoms with Crippen LogP contribution in [0.15, 0.2) is 54.6 Å². The fourth-order valence-electron chi connectivity index (χ4n) is 3.12. The molecule has 2 aromatic rings. The lowest BCUT2D eigenvalue weighted by Crippen LogP contribution is -2.12. The minimum Gasteiger partial charge on any atom is -0.493 e. The Morgan fingerprint density at radius 1 is 1.07 bits per heavy atom. The predicted molar refractivity (Wildman–Crippen MR) is 106 cm³/mol. The number of benzene rings is 2. The summed E-state index contributed by atoms with van der Waals surface area (Å²) in [6.45, 7) is 0.329. The molecule has 1 heterocycles. The van der Waals surface area contributed by atoms with Crippen molar-refractivity contribution in [2.75, 3.05) is 20.3 Å². The SMILES string of the molecule is COc1ccc(C2=CC(CO)O[N+]2=O)cc1OCCCCCc1ccccc1. The van der Waals surface area contributed by atoms with Crippen LogP contribution in [-0.2, 0) is 11.3 Å². The van der Waals surface area contributed by atoms with E-state index in [1.54, 1.807) is 31.4 Å². The molecule has 0 spiro atoms. The number of nitrogens with zero attached hydrogens (tertiary/aromatic N) is 1. The zero-order chi connectivity index (χ0) is 19.8. The first-order valence-corrected chi connectivity index (χ1v) is 9.53. The van der Waals surface area contributed by atoms with Crippen LogP contribution in [0.5, 0.6) is 11.5 Å². The summed E-state index contributed by atoms with van der Waals surface area (Å²) < 4.78 is 11.3. The molecule has 0 fully saturated rings. The number of rotatable bonds is 10. The standard InChI is InChI=1S/C22H26NO5/c1-26-21-12-11-18(20-15-19(16-24)28-23(20)25)14-22(21)27-13-7-3-6-10-17-8-4-2-5-9-17/h2,4-5,8-9,11-12,14-15,19,24H,3,6-7,10,13,16H2,1H3/q+1. The number of aliphatic hydroxyl groups excluding tert-OH is 1. The van der Waals surface area contributed by atoms with Crippen LogP contribution in [0, 0.1) is 4.91 Å². The van der Waals surface area contributed by atoms with Crippen molar-refractivity contribution in [3.8, 4) is 11.5 Å². The van der Waals surface area contributed by atoms with Gasteiger partial charge in [0.05, 0.1) is 30.8 Å². The van der Waals surface area contributed by atoms with Crippen molar-refractivity contribution in [1.82, 2.24) is 0 Å². The zero-order valence-electron chi connectivity index (χ0n) is 16.0. The molecule has 2 aromatic carbocycles. The molecule has 0 aromatic heterocycles. The van der Waals surface area contributed by atoms with Crippen molar-refractivity contribution in [3.63, 3.8) is 0 Å². The summed E-state index contributed by atoms with van der Waals surface area (Å²) in [5, 5.41) is 9.17. The third-order valence-corrected chi connectivity index (χ3v) is 4.62. The first kappa shape index (κ1) is 19.9. The van der Waals surface area contributed by atoms with Gasteiger partial charge in [-0.05, 0) is 49.4 Å². The van der Waals surface area contributed by atoms with Gasteiger partial charge in [-0.15, -0.1) is 0 Å². The molecule has 6 heteroatoms. The highest BCUT2D eigenvalue weighted by molar-refractivity contribution is 5.63. The first-order valence-electron chi connectivity index (χ1n) is 9.53. The van der Waals surface area contributed by atoms with Gasteiger partial charge >= 0.3 is 5.70 Å². The number of hydrogen-bond acceptors (Lipinski definition) is 5. The second-order valence-electron chi connectivity index (χ2n) is 6.65. The van der Waals surface area contributed by atoms with Crippen LogP contribution in [0.25, 0.3) is 5.70 Å². The fourth-order valence-corrected chi connectivity index (χ4v) is 3.12. The lowest BCUT2D eigenvalue weighted by molar-refractivity contribution is -0.737. The van der Waals surface area contributed by atoms with Crippen molar-refractivity contribution < 1.29 is 24.3 Å². The predicted octanol–water partition coefficient (Wildman–Crippen LogP) is 3.91. The number of aliphatic hydroxyl groups is 1. The van der Waals surface area contributed by atoms with Crippen molar-refractivity contribution in [2.45, 2.75) is 31.8 Å². The quantitative estimate of drug-likeness (QED) is 0.629. The molecule has 0 bridgehead atoms. The van der Waals surface area contributed by atoms with Gasteiger partial charge in [0.15, 0.2) is 11.5 Å². The largest absolute Gasteiger partial charge is 0.493 e. The molecule has 0 saturated carbocycles. The maximum absolute atomic E-state index is 11.9. The summed E-state index contributed by atoms with van der Waals surface area (Å²) >= 11 is 0. The van der Waals surface area contributed by atoms with Gasteiger partial charge < -0.3 is 14.6 Å². The van der Waals surface area contributed by atoms with Gasteiger partial charge in [-0.1, -0.05) is 30.3 Å². The van der Waals surface area contributed by atoms with Gasteiger partial charge in [0.2, 0.25) is 6.10 Å². The van der Waals surface area contributed by atoms with Gasteiger partial charge in [0.25, 0.3) is 4.92 Å². The second kappa shape index (κ2) is 9.90. The molecular formula is C22H26NO5+. The van der Waals surface area contributed by atoms with E-state index < -0.39 is 6.10 Å². The molecule has 1 atom stereocenters. The third-order valence-electron chi connectivity index (χ3n) is 4.62. The molecule has 3 rings (SSSR count). The average Bonchev–Trinajstić information content (AvgIpc) is 3.12. The molecular weight excluding hydrogens is 358 g/mol.